The Morgan fingerprint density at radius 2 is 1.97 bits per heavy atom. The van der Waals surface area contributed by atoms with Crippen molar-refractivity contribution in [3.8, 4) is 17.4 Å². The van der Waals surface area contributed by atoms with Crippen LogP contribution in [-0.2, 0) is 4.74 Å². The van der Waals surface area contributed by atoms with Crippen LogP contribution in [0.1, 0.15) is 26.5 Å². The lowest BCUT2D eigenvalue weighted by atomic mass is 10.0. The Labute approximate surface area is 181 Å². The van der Waals surface area contributed by atoms with Gasteiger partial charge in [-0.3, -0.25) is 14.9 Å². The maximum Gasteiger partial charge on any atom is 0.338 e. The number of ketones is 1. The smallest absolute Gasteiger partial charge is 0.338 e. The molecule has 3 aromatic rings. The highest BCUT2D eigenvalue weighted by Crippen LogP contribution is 2.30. The largest absolute Gasteiger partial charge is 0.465 e. The van der Waals surface area contributed by atoms with E-state index in [-0.39, 0.29) is 33.9 Å². The topological polar surface area (TPSA) is 123 Å². The highest BCUT2D eigenvalue weighted by molar-refractivity contribution is 6.31. The van der Waals surface area contributed by atoms with Gasteiger partial charge in [0, 0.05) is 34.4 Å². The molecule has 0 aliphatic carbocycles. The van der Waals surface area contributed by atoms with Crippen LogP contribution in [0.25, 0.3) is 17.4 Å². The van der Waals surface area contributed by atoms with Crippen molar-refractivity contribution in [2.45, 2.75) is 0 Å². The summed E-state index contributed by atoms with van der Waals surface area (Å²) in [5.41, 5.74) is 0.0597. The lowest BCUT2D eigenvalue weighted by Gasteiger charge is -2.06. The summed E-state index contributed by atoms with van der Waals surface area (Å²) in [6.07, 6.45) is 1.22. The third kappa shape index (κ3) is 4.69. The van der Waals surface area contributed by atoms with Crippen molar-refractivity contribution < 1.29 is 23.7 Å². The van der Waals surface area contributed by atoms with E-state index in [1.165, 1.54) is 55.7 Å². The fraction of sp³-hybridized carbons (Fsp3) is 0.0455. The summed E-state index contributed by atoms with van der Waals surface area (Å²) in [4.78, 5) is 34.9. The molecule has 8 nitrogen and oxygen atoms in total. The van der Waals surface area contributed by atoms with Gasteiger partial charge in [0.25, 0.3) is 5.69 Å². The number of ether oxygens (including phenoxy) is 1. The Morgan fingerprint density at radius 1 is 1.19 bits per heavy atom. The number of furan rings is 1. The second-order valence-electron chi connectivity index (χ2n) is 6.19. The first-order chi connectivity index (χ1) is 14.8. The first-order valence-corrected chi connectivity index (χ1v) is 9.11. The number of carbonyl (C=O) groups excluding carboxylic acids is 2. The minimum Gasteiger partial charge on any atom is -0.465 e. The minimum absolute atomic E-state index is 0.00315. The summed E-state index contributed by atoms with van der Waals surface area (Å²) in [6.45, 7) is 0. The van der Waals surface area contributed by atoms with Crippen molar-refractivity contribution in [2.24, 2.45) is 0 Å². The Balaban J connectivity index is 1.97. The van der Waals surface area contributed by atoms with Gasteiger partial charge in [-0.15, -0.1) is 0 Å². The van der Waals surface area contributed by atoms with Crippen LogP contribution in [0.15, 0.2) is 64.6 Å². The van der Waals surface area contributed by atoms with E-state index in [9.17, 15) is 25.0 Å². The zero-order chi connectivity index (χ0) is 22.5. The van der Waals surface area contributed by atoms with E-state index in [4.69, 9.17) is 20.8 Å². The van der Waals surface area contributed by atoms with Crippen LogP contribution in [0.3, 0.4) is 0 Å². The Morgan fingerprint density at radius 3 is 2.65 bits per heavy atom. The Hall–Kier alpha value is -4.22. The molecule has 0 aliphatic rings. The average Bonchev–Trinajstić information content (AvgIpc) is 3.25. The van der Waals surface area contributed by atoms with Crippen molar-refractivity contribution in [1.29, 1.82) is 5.26 Å². The predicted molar refractivity (Wildman–Crippen MR) is 112 cm³/mol. The third-order valence-corrected chi connectivity index (χ3v) is 4.49. The highest BCUT2D eigenvalue weighted by Gasteiger charge is 2.19. The number of methoxy groups -OCH3 is 1. The fourth-order valence-corrected chi connectivity index (χ4v) is 2.96. The molecular formula is C22H13ClN2O6. The van der Waals surface area contributed by atoms with Crippen LogP contribution in [0.4, 0.5) is 5.69 Å². The zero-order valence-corrected chi connectivity index (χ0v) is 16.8. The number of nitrogens with zero attached hydrogens (tertiary/aromatic N) is 2. The van der Waals surface area contributed by atoms with Crippen LogP contribution < -0.4 is 0 Å². The van der Waals surface area contributed by atoms with E-state index in [0.29, 0.717) is 10.6 Å². The molecular weight excluding hydrogens is 424 g/mol. The second kappa shape index (κ2) is 9.07. The van der Waals surface area contributed by atoms with Crippen LogP contribution in [0, 0.1) is 21.4 Å². The molecule has 0 unspecified atom stereocenters. The molecule has 1 heterocycles. The normalized spacial score (nSPS) is 10.9. The molecule has 9 heteroatoms. The van der Waals surface area contributed by atoms with Gasteiger partial charge in [0.2, 0.25) is 5.78 Å². The van der Waals surface area contributed by atoms with Crippen molar-refractivity contribution in [3.63, 3.8) is 0 Å². The first-order valence-electron chi connectivity index (χ1n) is 8.73. The summed E-state index contributed by atoms with van der Waals surface area (Å²) in [5.74, 6) is -0.837. The monoisotopic (exact) mass is 436 g/mol. The highest BCUT2D eigenvalue weighted by atomic mass is 35.5. The quantitative estimate of drug-likeness (QED) is 0.132. The number of halogens is 1. The van der Waals surface area contributed by atoms with E-state index in [2.05, 4.69) is 0 Å². The van der Waals surface area contributed by atoms with Gasteiger partial charge in [0.15, 0.2) is 0 Å². The van der Waals surface area contributed by atoms with Gasteiger partial charge >= 0.3 is 5.97 Å². The number of nitriles is 1. The van der Waals surface area contributed by atoms with Crippen LogP contribution >= 0.6 is 11.6 Å². The Bertz CT molecular complexity index is 1270. The van der Waals surface area contributed by atoms with E-state index >= 15 is 0 Å². The fourth-order valence-electron chi connectivity index (χ4n) is 2.79. The number of hydrogen-bond donors (Lipinski definition) is 0. The molecule has 0 atom stereocenters. The van der Waals surface area contributed by atoms with Crippen molar-refractivity contribution >= 4 is 35.1 Å². The van der Waals surface area contributed by atoms with Crippen molar-refractivity contribution in [1.82, 2.24) is 0 Å². The number of benzene rings is 2. The van der Waals surface area contributed by atoms with Crippen LogP contribution in [0.5, 0.6) is 0 Å². The number of hydrogen-bond acceptors (Lipinski definition) is 7. The molecule has 0 N–H and O–H groups in total. The molecule has 0 spiro atoms. The molecule has 0 aliphatic heterocycles. The summed E-state index contributed by atoms with van der Waals surface area (Å²) >= 11 is 6.03. The standard InChI is InChI=1S/C22H13ClN2O6/c1-30-22(27)18-7-5-15(23)11-19(18)20-8-6-17(31-20)10-14(12-24)21(26)13-3-2-4-16(9-13)25(28)29/h2-11H,1H3/b14-10-. The SMILES string of the molecule is COC(=O)c1ccc(Cl)cc1-c1ccc(/C=C(/C#N)C(=O)c2cccc([N+](=O)[O-])c2)o1. The van der Waals surface area contributed by atoms with Gasteiger partial charge in [-0.2, -0.15) is 5.26 Å². The third-order valence-electron chi connectivity index (χ3n) is 4.25. The van der Waals surface area contributed by atoms with E-state index in [1.807, 2.05) is 0 Å². The van der Waals surface area contributed by atoms with Gasteiger partial charge in [0.1, 0.15) is 23.2 Å². The molecule has 31 heavy (non-hydrogen) atoms. The summed E-state index contributed by atoms with van der Waals surface area (Å²) in [6, 6.07) is 14.5. The number of rotatable bonds is 6. The second-order valence-corrected chi connectivity index (χ2v) is 6.63. The van der Waals surface area contributed by atoms with Crippen LogP contribution in [-0.4, -0.2) is 23.8 Å². The predicted octanol–water partition coefficient (Wildman–Crippen LogP) is 5.08. The number of nitro benzene ring substituents is 1. The maximum absolute atomic E-state index is 12.6. The zero-order valence-electron chi connectivity index (χ0n) is 16.0. The van der Waals surface area contributed by atoms with E-state index in [1.54, 1.807) is 12.1 Å². The summed E-state index contributed by atoms with van der Waals surface area (Å²) < 4.78 is 10.4. The Kier molecular flexibility index (Phi) is 6.29. The van der Waals surface area contributed by atoms with Gasteiger partial charge in [-0.1, -0.05) is 23.7 Å². The molecule has 0 amide bonds. The lowest BCUT2D eigenvalue weighted by Crippen LogP contribution is -2.03. The molecule has 154 valence electrons. The summed E-state index contributed by atoms with van der Waals surface area (Å²) in [7, 11) is 1.25. The van der Waals surface area contributed by atoms with Crippen molar-refractivity contribution in [2.75, 3.05) is 7.11 Å². The number of non-ortho nitro benzene ring substituents is 1. The molecule has 0 bridgehead atoms. The van der Waals surface area contributed by atoms with Crippen LogP contribution in [0.2, 0.25) is 5.02 Å². The van der Waals surface area contributed by atoms with Gasteiger partial charge in [0.05, 0.1) is 17.6 Å². The molecule has 0 fully saturated rings. The number of esters is 1. The first kappa shape index (κ1) is 21.5. The number of Topliss-reactive ketones (excluding diaryl/α,β-unsaturated/α-hetero) is 1. The minimum atomic E-state index is -0.692. The number of carbonyl (C=O) groups is 2. The molecule has 1 aromatic heterocycles. The van der Waals surface area contributed by atoms with Gasteiger partial charge in [-0.05, 0) is 30.3 Å². The number of allylic oxidation sites excluding steroid dienone is 1. The van der Waals surface area contributed by atoms with Gasteiger partial charge in [-0.25, -0.2) is 4.79 Å². The molecule has 0 saturated carbocycles. The number of nitro groups is 1. The molecule has 3 rings (SSSR count). The van der Waals surface area contributed by atoms with Crippen molar-refractivity contribution in [3.05, 3.63) is 92.2 Å². The maximum atomic E-state index is 12.6. The van der Waals surface area contributed by atoms with E-state index in [0.717, 1.165) is 6.07 Å². The van der Waals surface area contributed by atoms with E-state index < -0.39 is 16.7 Å². The average molecular weight is 437 g/mol. The molecule has 0 radical (unpaired) electrons. The van der Waals surface area contributed by atoms with Gasteiger partial charge < -0.3 is 9.15 Å². The molecule has 0 saturated heterocycles. The summed E-state index contributed by atoms with van der Waals surface area (Å²) in [5, 5.41) is 20.7. The molecule has 2 aromatic carbocycles. The lowest BCUT2D eigenvalue weighted by molar-refractivity contribution is -0.384.